The lowest BCUT2D eigenvalue weighted by Crippen LogP contribution is -2.37. The van der Waals surface area contributed by atoms with Crippen LogP contribution in [0.3, 0.4) is 0 Å². The Morgan fingerprint density at radius 1 is 1.10 bits per heavy atom. The molecule has 3 aromatic heterocycles. The van der Waals surface area contributed by atoms with Crippen LogP contribution < -0.4 is 10.3 Å². The molecule has 0 bridgehead atoms. The summed E-state index contributed by atoms with van der Waals surface area (Å²) in [5.41, 5.74) is 2.60. The predicted molar refractivity (Wildman–Crippen MR) is 155 cm³/mol. The van der Waals surface area contributed by atoms with E-state index in [2.05, 4.69) is 14.7 Å². The highest BCUT2D eigenvalue weighted by Crippen LogP contribution is 2.37. The number of fused-ring (bicyclic) bond motifs is 2. The Labute approximate surface area is 234 Å². The maximum absolute atomic E-state index is 13.8. The van der Waals surface area contributed by atoms with Crippen LogP contribution in [0.2, 0.25) is 10.2 Å². The quantitative estimate of drug-likeness (QED) is 0.250. The van der Waals surface area contributed by atoms with E-state index in [1.54, 1.807) is 28.8 Å². The van der Waals surface area contributed by atoms with Crippen molar-refractivity contribution < 1.29 is 13.2 Å². The van der Waals surface area contributed by atoms with Gasteiger partial charge >= 0.3 is 0 Å². The van der Waals surface area contributed by atoms with E-state index in [9.17, 15) is 18.0 Å². The average molecular weight is 583 g/mol. The minimum absolute atomic E-state index is 0.0168. The fraction of sp³-hybridized carbons (Fsp3) is 0.179. The van der Waals surface area contributed by atoms with Gasteiger partial charge < -0.3 is 9.55 Å². The van der Waals surface area contributed by atoms with Crippen LogP contribution in [-0.2, 0) is 16.6 Å². The first-order chi connectivity index (χ1) is 18.5. The number of H-pyrrole nitrogens is 1. The summed E-state index contributed by atoms with van der Waals surface area (Å²) in [7, 11) is -4.00. The molecular weight excluding hydrogens is 559 g/mol. The largest absolute Gasteiger partial charge is 0.331 e. The molecule has 0 saturated heterocycles. The Bertz CT molecular complexity index is 1950. The number of benzene rings is 2. The summed E-state index contributed by atoms with van der Waals surface area (Å²) in [5.74, 6) is -0.878. The number of hydrogen-bond acceptors (Lipinski definition) is 5. The van der Waals surface area contributed by atoms with Gasteiger partial charge in [-0.3, -0.25) is 9.59 Å². The number of amides is 1. The minimum Gasteiger partial charge on any atom is -0.331 e. The van der Waals surface area contributed by atoms with E-state index in [1.807, 2.05) is 37.3 Å². The van der Waals surface area contributed by atoms with Crippen molar-refractivity contribution in [2.45, 2.75) is 32.6 Å². The lowest BCUT2D eigenvalue weighted by atomic mass is 10.0. The molecule has 0 fully saturated rings. The van der Waals surface area contributed by atoms with Crippen molar-refractivity contribution in [2.24, 2.45) is 0 Å². The highest BCUT2D eigenvalue weighted by molar-refractivity contribution is 7.90. The number of carbonyl (C=O) groups is 1. The Hall–Kier alpha value is -3.66. The summed E-state index contributed by atoms with van der Waals surface area (Å²) < 4.78 is 29.3. The van der Waals surface area contributed by atoms with E-state index < -0.39 is 26.7 Å². The summed E-state index contributed by atoms with van der Waals surface area (Å²) in [6.45, 7) is 4.81. The van der Waals surface area contributed by atoms with Gasteiger partial charge in [-0.1, -0.05) is 41.4 Å². The molecule has 1 amide bonds. The van der Waals surface area contributed by atoms with Gasteiger partial charge in [-0.2, -0.15) is 0 Å². The summed E-state index contributed by atoms with van der Waals surface area (Å²) in [6.07, 6.45) is 1.48. The molecular formula is C28H24Cl2N4O4S. The highest BCUT2D eigenvalue weighted by Gasteiger charge is 2.30. The number of halogens is 2. The van der Waals surface area contributed by atoms with Gasteiger partial charge in [0.1, 0.15) is 10.8 Å². The number of aromatic nitrogens is 3. The van der Waals surface area contributed by atoms with Crippen molar-refractivity contribution in [3.63, 3.8) is 0 Å². The Kier molecular flexibility index (Phi) is 7.00. The maximum atomic E-state index is 13.8. The number of carbonyl (C=O) groups excluding carboxylic acids is 1. The summed E-state index contributed by atoms with van der Waals surface area (Å²) in [4.78, 5) is 33.9. The van der Waals surface area contributed by atoms with Gasteiger partial charge in [0.05, 0.1) is 22.8 Å². The van der Waals surface area contributed by atoms with Crippen LogP contribution in [0, 0.1) is 6.92 Å². The van der Waals surface area contributed by atoms with Crippen LogP contribution in [0.1, 0.15) is 35.5 Å². The van der Waals surface area contributed by atoms with Crippen LogP contribution in [-0.4, -0.2) is 34.1 Å². The third kappa shape index (κ3) is 4.93. The van der Waals surface area contributed by atoms with Gasteiger partial charge in [-0.15, -0.1) is 0 Å². The molecule has 200 valence electrons. The Morgan fingerprint density at radius 2 is 1.85 bits per heavy atom. The number of pyridine rings is 2. The van der Waals surface area contributed by atoms with Crippen LogP contribution in [0.25, 0.3) is 32.9 Å². The Balaban J connectivity index is 1.85. The smallest absolute Gasteiger partial charge is 0.282 e. The van der Waals surface area contributed by atoms with Gasteiger partial charge in [-0.25, -0.2) is 18.1 Å². The molecule has 5 rings (SSSR count). The van der Waals surface area contributed by atoms with Gasteiger partial charge in [-0.05, 0) is 62.7 Å². The molecule has 2 N–H and O–H groups in total. The van der Waals surface area contributed by atoms with E-state index in [0.29, 0.717) is 27.0 Å². The number of para-hydroxylation sites is 1. The van der Waals surface area contributed by atoms with E-state index in [-0.39, 0.29) is 28.5 Å². The van der Waals surface area contributed by atoms with Gasteiger partial charge in [0.25, 0.3) is 11.5 Å². The standard InChI is InChI=1S/C28H24Cl2N4O4S/c1-15(2)39(37,38)33-28(36)25-24(19-8-6-10-31-27(19)35)20-11-16(3)21(29)13-23(20)34(25)14-18-12-17-7-4-5-9-22(17)32-26(18)30/h4-13,15H,14H2,1-3H3,(H,31,35)(H,33,36). The van der Waals surface area contributed by atoms with Crippen molar-refractivity contribution >= 4 is 60.9 Å². The predicted octanol–water partition coefficient (Wildman–Crippen LogP) is 5.68. The summed E-state index contributed by atoms with van der Waals surface area (Å²) in [5, 5.41) is 1.22. The molecule has 0 spiro atoms. The molecule has 0 unspecified atom stereocenters. The van der Waals surface area contributed by atoms with Crippen LogP contribution in [0.15, 0.2) is 65.6 Å². The van der Waals surface area contributed by atoms with Gasteiger partial charge in [0, 0.05) is 38.7 Å². The molecule has 3 heterocycles. The number of rotatable bonds is 6. The van der Waals surface area contributed by atoms with Crippen LogP contribution >= 0.6 is 23.2 Å². The molecule has 0 saturated carbocycles. The summed E-state index contributed by atoms with van der Waals surface area (Å²) in [6, 6.07) is 16.0. The lowest BCUT2D eigenvalue weighted by molar-refractivity contribution is 0.0973. The minimum atomic E-state index is -4.00. The average Bonchev–Trinajstić information content (AvgIpc) is 3.17. The van der Waals surface area contributed by atoms with E-state index in [0.717, 1.165) is 10.9 Å². The van der Waals surface area contributed by atoms with E-state index >= 15 is 0 Å². The zero-order chi connectivity index (χ0) is 28.1. The molecule has 0 atom stereocenters. The van der Waals surface area contributed by atoms with Crippen molar-refractivity contribution in [3.8, 4) is 11.1 Å². The fourth-order valence-electron chi connectivity index (χ4n) is 4.48. The van der Waals surface area contributed by atoms with Crippen LogP contribution in [0.5, 0.6) is 0 Å². The zero-order valence-electron chi connectivity index (χ0n) is 21.2. The monoisotopic (exact) mass is 582 g/mol. The Morgan fingerprint density at radius 3 is 2.56 bits per heavy atom. The second-order valence-electron chi connectivity index (χ2n) is 9.50. The first-order valence-electron chi connectivity index (χ1n) is 12.1. The maximum Gasteiger partial charge on any atom is 0.282 e. The molecule has 0 aliphatic carbocycles. The number of nitrogens with zero attached hydrogens (tertiary/aromatic N) is 2. The molecule has 8 nitrogen and oxygen atoms in total. The lowest BCUT2D eigenvalue weighted by Gasteiger charge is -2.15. The van der Waals surface area contributed by atoms with Crippen molar-refractivity contribution in [1.29, 1.82) is 0 Å². The topological polar surface area (TPSA) is 114 Å². The molecule has 0 aliphatic heterocycles. The number of aromatic amines is 1. The number of aryl methyl sites for hydroxylation is 1. The third-order valence-corrected chi connectivity index (χ3v) is 9.03. The van der Waals surface area contributed by atoms with E-state index in [4.69, 9.17) is 23.2 Å². The molecule has 0 aliphatic rings. The molecule has 11 heteroatoms. The van der Waals surface area contributed by atoms with Gasteiger partial charge in [0.2, 0.25) is 10.0 Å². The number of nitrogens with one attached hydrogen (secondary N) is 2. The van der Waals surface area contributed by atoms with Crippen molar-refractivity contribution in [3.05, 3.63) is 98.1 Å². The first kappa shape index (κ1) is 26.9. The summed E-state index contributed by atoms with van der Waals surface area (Å²) >= 11 is 13.1. The van der Waals surface area contributed by atoms with Crippen molar-refractivity contribution in [1.82, 2.24) is 19.3 Å². The normalized spacial score (nSPS) is 11.9. The van der Waals surface area contributed by atoms with Crippen LogP contribution in [0.4, 0.5) is 0 Å². The molecule has 0 radical (unpaired) electrons. The number of hydrogen-bond donors (Lipinski definition) is 2. The number of sulfonamides is 1. The molecule has 5 aromatic rings. The zero-order valence-corrected chi connectivity index (χ0v) is 23.6. The third-order valence-electron chi connectivity index (χ3n) is 6.58. The second kappa shape index (κ2) is 10.1. The molecule has 2 aromatic carbocycles. The SMILES string of the molecule is Cc1cc2c(-c3ccc[nH]c3=O)c(C(=O)NS(=O)(=O)C(C)C)n(Cc3cc4ccccc4nc3Cl)c2cc1Cl. The second-order valence-corrected chi connectivity index (χ2v) is 12.5. The first-order valence-corrected chi connectivity index (χ1v) is 14.4. The highest BCUT2D eigenvalue weighted by atomic mass is 35.5. The molecule has 39 heavy (non-hydrogen) atoms. The van der Waals surface area contributed by atoms with E-state index in [1.165, 1.54) is 20.0 Å². The fourth-order valence-corrected chi connectivity index (χ4v) is 5.44. The van der Waals surface area contributed by atoms with Gasteiger partial charge in [0.15, 0.2) is 0 Å². The van der Waals surface area contributed by atoms with Crippen molar-refractivity contribution in [2.75, 3.05) is 0 Å².